The van der Waals surface area contributed by atoms with Gasteiger partial charge in [-0.25, -0.2) is 8.42 Å². The second-order valence-electron chi connectivity index (χ2n) is 5.58. The van der Waals surface area contributed by atoms with E-state index in [0.29, 0.717) is 13.1 Å². The third-order valence-corrected chi connectivity index (χ3v) is 6.71. The summed E-state index contributed by atoms with van der Waals surface area (Å²) < 4.78 is 26.6. The van der Waals surface area contributed by atoms with E-state index in [-0.39, 0.29) is 16.1 Å². The molecule has 1 aromatic rings. The molecule has 0 atom stereocenters. The van der Waals surface area contributed by atoms with Crippen molar-refractivity contribution in [1.29, 1.82) is 0 Å². The van der Waals surface area contributed by atoms with Crippen LogP contribution in [0.25, 0.3) is 0 Å². The highest BCUT2D eigenvalue weighted by atomic mass is 32.2. The maximum Gasteiger partial charge on any atom is 0.246 e. The number of sulfonamides is 1. The second-order valence-corrected chi connectivity index (χ2v) is 7.49. The van der Waals surface area contributed by atoms with Gasteiger partial charge in [0.1, 0.15) is 10.6 Å². The zero-order chi connectivity index (χ0) is 14.8. The highest BCUT2D eigenvalue weighted by Crippen LogP contribution is 2.39. The Morgan fingerprint density at radius 2 is 1.70 bits per heavy atom. The predicted molar refractivity (Wildman–Crippen MR) is 79.1 cm³/mol. The van der Waals surface area contributed by atoms with Crippen molar-refractivity contribution in [3.63, 3.8) is 0 Å². The summed E-state index contributed by atoms with van der Waals surface area (Å²) in [7, 11) is -3.58. The van der Waals surface area contributed by atoms with E-state index in [2.05, 4.69) is 13.8 Å². The molecule has 112 valence electrons. The summed E-state index contributed by atoms with van der Waals surface area (Å²) in [5.41, 5.74) is 0.282. The summed E-state index contributed by atoms with van der Waals surface area (Å²) in [6.07, 6.45) is 3.97. The molecule has 1 aliphatic rings. The Morgan fingerprint density at radius 3 is 2.20 bits per heavy atom. The van der Waals surface area contributed by atoms with Crippen LogP contribution in [0.15, 0.2) is 29.2 Å². The van der Waals surface area contributed by atoms with Gasteiger partial charge < -0.3 is 5.11 Å². The maximum atomic E-state index is 12.6. The van der Waals surface area contributed by atoms with Crippen LogP contribution in [-0.4, -0.2) is 30.9 Å². The third-order valence-electron chi connectivity index (χ3n) is 4.77. The molecule has 0 spiro atoms. The number of rotatable bonds is 4. The lowest BCUT2D eigenvalue weighted by molar-refractivity contribution is 0.141. The zero-order valence-electron chi connectivity index (χ0n) is 12.2. The topological polar surface area (TPSA) is 57.6 Å². The minimum absolute atomic E-state index is 0.0143. The first kappa shape index (κ1) is 15.3. The van der Waals surface area contributed by atoms with Crippen molar-refractivity contribution in [2.75, 3.05) is 13.1 Å². The minimum atomic E-state index is -3.58. The Morgan fingerprint density at radius 1 is 1.15 bits per heavy atom. The smallest absolute Gasteiger partial charge is 0.246 e. The largest absolute Gasteiger partial charge is 0.507 e. The van der Waals surface area contributed by atoms with E-state index in [9.17, 15) is 13.5 Å². The molecular weight excluding hydrogens is 274 g/mol. The van der Waals surface area contributed by atoms with Crippen LogP contribution >= 0.6 is 0 Å². The van der Waals surface area contributed by atoms with Crippen LogP contribution in [0.5, 0.6) is 5.75 Å². The van der Waals surface area contributed by atoms with Crippen molar-refractivity contribution in [1.82, 2.24) is 4.31 Å². The van der Waals surface area contributed by atoms with Gasteiger partial charge in [-0.05, 0) is 30.4 Å². The van der Waals surface area contributed by atoms with Gasteiger partial charge >= 0.3 is 0 Å². The van der Waals surface area contributed by atoms with E-state index in [0.717, 1.165) is 25.7 Å². The molecule has 0 unspecified atom stereocenters. The van der Waals surface area contributed by atoms with Crippen molar-refractivity contribution in [3.8, 4) is 5.75 Å². The predicted octanol–water partition coefficient (Wildman–Crippen LogP) is 2.98. The summed E-state index contributed by atoms with van der Waals surface area (Å²) in [5.74, 6) is -0.171. The van der Waals surface area contributed by atoms with Gasteiger partial charge in [0.15, 0.2) is 0 Å². The van der Waals surface area contributed by atoms with Crippen molar-refractivity contribution < 1.29 is 13.5 Å². The molecule has 1 heterocycles. The van der Waals surface area contributed by atoms with E-state index < -0.39 is 10.0 Å². The number of piperidine rings is 1. The highest BCUT2D eigenvalue weighted by molar-refractivity contribution is 7.89. The van der Waals surface area contributed by atoms with Gasteiger partial charge in [-0.3, -0.25) is 0 Å². The Kier molecular flexibility index (Phi) is 4.39. The summed E-state index contributed by atoms with van der Waals surface area (Å²) in [6, 6.07) is 6.15. The van der Waals surface area contributed by atoms with Crippen molar-refractivity contribution in [3.05, 3.63) is 24.3 Å². The van der Waals surface area contributed by atoms with E-state index in [1.165, 1.54) is 16.4 Å². The lowest BCUT2D eigenvalue weighted by Gasteiger charge is -2.40. The molecule has 0 aromatic heterocycles. The van der Waals surface area contributed by atoms with E-state index in [1.54, 1.807) is 12.1 Å². The van der Waals surface area contributed by atoms with Gasteiger partial charge in [0.2, 0.25) is 10.0 Å². The summed E-state index contributed by atoms with van der Waals surface area (Å²) in [6.45, 7) is 5.43. The summed E-state index contributed by atoms with van der Waals surface area (Å²) >= 11 is 0. The summed E-state index contributed by atoms with van der Waals surface area (Å²) in [4.78, 5) is 0.0143. The lowest BCUT2D eigenvalue weighted by Crippen LogP contribution is -2.42. The fourth-order valence-electron chi connectivity index (χ4n) is 2.97. The number of hydrogen-bond acceptors (Lipinski definition) is 3. The second kappa shape index (κ2) is 5.74. The van der Waals surface area contributed by atoms with Crippen LogP contribution in [0, 0.1) is 5.41 Å². The first-order valence-corrected chi connectivity index (χ1v) is 8.67. The van der Waals surface area contributed by atoms with Crippen LogP contribution in [0.3, 0.4) is 0 Å². The van der Waals surface area contributed by atoms with Gasteiger partial charge in [0, 0.05) is 13.1 Å². The maximum absolute atomic E-state index is 12.6. The van der Waals surface area contributed by atoms with E-state index in [4.69, 9.17) is 0 Å². The number of benzene rings is 1. The van der Waals surface area contributed by atoms with Crippen LogP contribution in [-0.2, 0) is 10.0 Å². The molecule has 0 aliphatic carbocycles. The van der Waals surface area contributed by atoms with E-state index in [1.807, 2.05) is 0 Å². The molecule has 4 nitrogen and oxygen atoms in total. The fraction of sp³-hybridized carbons (Fsp3) is 0.600. The van der Waals surface area contributed by atoms with Gasteiger partial charge in [-0.15, -0.1) is 0 Å². The fourth-order valence-corrected chi connectivity index (χ4v) is 4.50. The Hall–Kier alpha value is -1.07. The van der Waals surface area contributed by atoms with Gasteiger partial charge in [0.05, 0.1) is 0 Å². The number of phenols is 1. The SMILES string of the molecule is CCC1(CC)CCN(S(=O)(=O)c2ccccc2O)CC1. The molecule has 5 heteroatoms. The molecule has 0 bridgehead atoms. The number of nitrogens with zero attached hydrogens (tertiary/aromatic N) is 1. The molecule has 2 rings (SSSR count). The molecule has 20 heavy (non-hydrogen) atoms. The Labute approximate surface area is 121 Å². The van der Waals surface area contributed by atoms with Gasteiger partial charge in [0.25, 0.3) is 0 Å². The molecule has 1 aliphatic heterocycles. The average molecular weight is 297 g/mol. The quantitative estimate of drug-likeness (QED) is 0.929. The molecule has 0 radical (unpaired) electrons. The minimum Gasteiger partial charge on any atom is -0.507 e. The Balaban J connectivity index is 2.20. The van der Waals surface area contributed by atoms with Crippen LogP contribution < -0.4 is 0 Å². The van der Waals surface area contributed by atoms with Crippen molar-refractivity contribution in [2.45, 2.75) is 44.4 Å². The lowest BCUT2D eigenvalue weighted by atomic mass is 9.75. The van der Waals surface area contributed by atoms with E-state index >= 15 is 0 Å². The van der Waals surface area contributed by atoms with Crippen LogP contribution in [0.2, 0.25) is 0 Å². The molecule has 1 saturated heterocycles. The standard InChI is InChI=1S/C15H23NO3S/c1-3-15(4-2)9-11-16(12-10-15)20(18,19)14-8-6-5-7-13(14)17/h5-8,17H,3-4,9-12H2,1-2H3. The normalized spacial score (nSPS) is 19.9. The molecular formula is C15H23NO3S. The number of hydrogen-bond donors (Lipinski definition) is 1. The monoisotopic (exact) mass is 297 g/mol. The van der Waals surface area contributed by atoms with Gasteiger partial charge in [-0.1, -0.05) is 38.8 Å². The van der Waals surface area contributed by atoms with Gasteiger partial charge in [-0.2, -0.15) is 4.31 Å². The molecule has 1 N–H and O–H groups in total. The van der Waals surface area contributed by atoms with Crippen molar-refractivity contribution in [2.24, 2.45) is 5.41 Å². The Bertz CT molecular complexity index is 554. The molecule has 1 fully saturated rings. The number of aromatic hydroxyl groups is 1. The van der Waals surface area contributed by atoms with Crippen molar-refractivity contribution >= 4 is 10.0 Å². The molecule has 1 aromatic carbocycles. The third kappa shape index (κ3) is 2.69. The highest BCUT2D eigenvalue weighted by Gasteiger charge is 2.36. The first-order chi connectivity index (χ1) is 9.45. The zero-order valence-corrected chi connectivity index (χ0v) is 13.0. The number of phenolic OH excluding ortho intramolecular Hbond substituents is 1. The average Bonchev–Trinajstić information content (AvgIpc) is 2.47. The molecule has 0 amide bonds. The number of para-hydroxylation sites is 1. The first-order valence-electron chi connectivity index (χ1n) is 7.23. The summed E-state index contributed by atoms with van der Waals surface area (Å²) in [5, 5.41) is 9.77. The van der Waals surface area contributed by atoms with Crippen LogP contribution in [0.4, 0.5) is 0 Å². The molecule has 0 saturated carbocycles. The van der Waals surface area contributed by atoms with Crippen LogP contribution in [0.1, 0.15) is 39.5 Å².